The maximum absolute atomic E-state index is 13.8. The summed E-state index contributed by atoms with van der Waals surface area (Å²) in [5.41, 5.74) is 3.20. The van der Waals surface area contributed by atoms with Crippen LogP contribution in [0.5, 0.6) is 0 Å². The van der Waals surface area contributed by atoms with Crippen molar-refractivity contribution in [1.29, 1.82) is 0 Å². The zero-order valence-electron chi connectivity index (χ0n) is 9.15. The van der Waals surface area contributed by atoms with E-state index in [0.717, 1.165) is 16.3 Å². The Labute approximate surface area is 99.1 Å². The highest BCUT2D eigenvalue weighted by molar-refractivity contribution is 5.97. The third-order valence-corrected chi connectivity index (χ3v) is 3.65. The Morgan fingerprint density at radius 3 is 2.82 bits per heavy atom. The molecule has 2 aromatic rings. The largest absolute Gasteiger partial charge is 0.206 e. The van der Waals surface area contributed by atoms with Gasteiger partial charge in [0, 0.05) is 17.9 Å². The van der Waals surface area contributed by atoms with E-state index in [-0.39, 0.29) is 5.82 Å². The Kier molecular flexibility index (Phi) is 1.66. The molecule has 2 aliphatic rings. The van der Waals surface area contributed by atoms with Crippen LogP contribution in [0.1, 0.15) is 22.6 Å². The standard InChI is InChI=1S/C16H10F/c17-14-9-7-12-5-4-10-2-1-3-11-6-8-13(14)16(12)15(10)11/h1-9,11H. The summed E-state index contributed by atoms with van der Waals surface area (Å²) >= 11 is 0. The van der Waals surface area contributed by atoms with Crippen molar-refractivity contribution in [1.82, 2.24) is 0 Å². The van der Waals surface area contributed by atoms with Crippen LogP contribution in [0.4, 0.5) is 4.39 Å². The topological polar surface area (TPSA) is 0 Å². The second kappa shape index (κ2) is 3.07. The van der Waals surface area contributed by atoms with E-state index in [1.807, 2.05) is 12.1 Å². The molecule has 2 aromatic carbocycles. The summed E-state index contributed by atoms with van der Waals surface area (Å²) < 4.78 is 13.8. The maximum Gasteiger partial charge on any atom is 0.131 e. The molecule has 0 nitrogen and oxygen atoms in total. The predicted molar refractivity (Wildman–Crippen MR) is 68.2 cm³/mol. The van der Waals surface area contributed by atoms with Gasteiger partial charge in [-0.25, -0.2) is 4.39 Å². The second-order valence-electron chi connectivity index (χ2n) is 4.56. The van der Waals surface area contributed by atoms with Gasteiger partial charge in [0.1, 0.15) is 5.82 Å². The van der Waals surface area contributed by atoms with Gasteiger partial charge in [0.25, 0.3) is 0 Å². The molecule has 17 heavy (non-hydrogen) atoms. The first-order valence-electron chi connectivity index (χ1n) is 5.79. The Morgan fingerprint density at radius 1 is 1.00 bits per heavy atom. The van der Waals surface area contributed by atoms with Gasteiger partial charge in [-0.05, 0) is 28.0 Å². The van der Waals surface area contributed by atoms with Crippen molar-refractivity contribution in [3.63, 3.8) is 0 Å². The van der Waals surface area contributed by atoms with Gasteiger partial charge in [0.05, 0.1) is 0 Å². The normalized spacial score (nSPS) is 19.9. The molecule has 0 N–H and O–H groups in total. The lowest BCUT2D eigenvalue weighted by atomic mass is 9.79. The molecule has 4 rings (SSSR count). The quantitative estimate of drug-likeness (QED) is 0.625. The molecule has 1 atom stereocenters. The molecule has 0 spiro atoms. The van der Waals surface area contributed by atoms with E-state index in [1.165, 1.54) is 11.1 Å². The van der Waals surface area contributed by atoms with Gasteiger partial charge >= 0.3 is 0 Å². The van der Waals surface area contributed by atoms with Crippen molar-refractivity contribution >= 4 is 16.8 Å². The Morgan fingerprint density at radius 2 is 1.88 bits per heavy atom. The van der Waals surface area contributed by atoms with E-state index in [9.17, 15) is 4.39 Å². The van der Waals surface area contributed by atoms with Crippen molar-refractivity contribution in [2.45, 2.75) is 5.92 Å². The molecular formula is C16H10F. The van der Waals surface area contributed by atoms with Gasteiger partial charge in [-0.3, -0.25) is 0 Å². The third kappa shape index (κ3) is 1.11. The van der Waals surface area contributed by atoms with Crippen LogP contribution < -0.4 is 0 Å². The lowest BCUT2D eigenvalue weighted by Gasteiger charge is -2.25. The number of rotatable bonds is 0. The average molecular weight is 221 g/mol. The van der Waals surface area contributed by atoms with Crippen LogP contribution in [0.25, 0.3) is 16.8 Å². The predicted octanol–water partition coefficient (Wildman–Crippen LogP) is 4.21. The van der Waals surface area contributed by atoms with Crippen LogP contribution in [0.3, 0.4) is 0 Å². The highest BCUT2D eigenvalue weighted by Gasteiger charge is 2.22. The molecule has 0 saturated heterocycles. The number of halogens is 1. The van der Waals surface area contributed by atoms with Gasteiger partial charge in [-0.2, -0.15) is 0 Å². The summed E-state index contributed by atoms with van der Waals surface area (Å²) in [6.45, 7) is 0. The molecule has 0 aliphatic heterocycles. The zero-order valence-corrected chi connectivity index (χ0v) is 9.15. The Bertz CT molecular complexity index is 692. The van der Waals surface area contributed by atoms with E-state index < -0.39 is 0 Å². The van der Waals surface area contributed by atoms with Gasteiger partial charge in [-0.15, -0.1) is 0 Å². The molecule has 1 radical (unpaired) electrons. The summed E-state index contributed by atoms with van der Waals surface area (Å²) in [4.78, 5) is 0. The van der Waals surface area contributed by atoms with Gasteiger partial charge < -0.3 is 0 Å². The molecule has 1 heteroatoms. The summed E-state index contributed by atoms with van der Waals surface area (Å²) in [6.07, 6.45) is 10.3. The van der Waals surface area contributed by atoms with Crippen LogP contribution >= 0.6 is 0 Å². The zero-order chi connectivity index (χ0) is 11.4. The molecular weight excluding hydrogens is 211 g/mol. The molecule has 1 unspecified atom stereocenters. The van der Waals surface area contributed by atoms with E-state index in [1.54, 1.807) is 6.07 Å². The van der Waals surface area contributed by atoms with Crippen molar-refractivity contribution in [2.75, 3.05) is 0 Å². The van der Waals surface area contributed by atoms with Crippen LogP contribution in [0.15, 0.2) is 42.5 Å². The van der Waals surface area contributed by atoms with Crippen LogP contribution in [0.2, 0.25) is 0 Å². The fourth-order valence-corrected chi connectivity index (χ4v) is 2.87. The fourth-order valence-electron chi connectivity index (χ4n) is 2.87. The first-order chi connectivity index (χ1) is 8.34. The minimum atomic E-state index is -0.129. The van der Waals surface area contributed by atoms with Crippen LogP contribution in [0, 0.1) is 12.2 Å². The van der Waals surface area contributed by atoms with Crippen molar-refractivity contribution < 1.29 is 4.39 Å². The molecule has 0 aromatic heterocycles. The molecule has 0 bridgehead atoms. The number of benzene rings is 2. The van der Waals surface area contributed by atoms with Crippen molar-refractivity contribution in [2.24, 2.45) is 0 Å². The third-order valence-electron chi connectivity index (χ3n) is 3.65. The van der Waals surface area contributed by atoms with Crippen molar-refractivity contribution in [3.05, 3.63) is 71.4 Å². The minimum absolute atomic E-state index is 0.129. The molecule has 0 saturated carbocycles. The van der Waals surface area contributed by atoms with Crippen molar-refractivity contribution in [3.8, 4) is 0 Å². The molecule has 0 amide bonds. The maximum atomic E-state index is 13.8. The molecule has 0 heterocycles. The highest BCUT2D eigenvalue weighted by atomic mass is 19.1. The lowest BCUT2D eigenvalue weighted by molar-refractivity contribution is 0.626. The van der Waals surface area contributed by atoms with Crippen LogP contribution in [-0.4, -0.2) is 0 Å². The Balaban J connectivity index is 2.24. The van der Waals surface area contributed by atoms with E-state index in [4.69, 9.17) is 0 Å². The summed E-state index contributed by atoms with van der Waals surface area (Å²) in [5, 5.41) is 2.20. The first kappa shape index (κ1) is 9.17. The minimum Gasteiger partial charge on any atom is -0.206 e. The first-order valence-corrected chi connectivity index (χ1v) is 5.79. The second-order valence-corrected chi connectivity index (χ2v) is 4.56. The molecule has 2 aliphatic carbocycles. The lowest BCUT2D eigenvalue weighted by Crippen LogP contribution is -2.07. The summed E-state index contributed by atoms with van der Waals surface area (Å²) in [5.74, 6) is 0.170. The van der Waals surface area contributed by atoms with E-state index in [0.29, 0.717) is 5.92 Å². The Hall–Kier alpha value is -1.89. The molecule has 81 valence electrons. The summed E-state index contributed by atoms with van der Waals surface area (Å²) in [6, 6.07) is 7.61. The number of allylic oxidation sites excluding steroid dienone is 3. The fraction of sp³-hybridized carbons (Fsp3) is 0.0625. The molecule has 0 fully saturated rings. The monoisotopic (exact) mass is 221 g/mol. The van der Waals surface area contributed by atoms with Gasteiger partial charge in [0.2, 0.25) is 0 Å². The summed E-state index contributed by atoms with van der Waals surface area (Å²) in [7, 11) is 0. The SMILES string of the molecule is Fc1ccc2ccc3c4c2c1C=CC4C=C[CH]3. The van der Waals surface area contributed by atoms with E-state index >= 15 is 0 Å². The van der Waals surface area contributed by atoms with Gasteiger partial charge in [0.15, 0.2) is 0 Å². The van der Waals surface area contributed by atoms with Gasteiger partial charge in [-0.1, -0.05) is 42.5 Å². The number of hydrogen-bond donors (Lipinski definition) is 0. The van der Waals surface area contributed by atoms with E-state index in [2.05, 4.69) is 36.8 Å². The average Bonchev–Trinajstić information content (AvgIpc) is 2.38. The van der Waals surface area contributed by atoms with Crippen LogP contribution in [-0.2, 0) is 0 Å². The highest BCUT2D eigenvalue weighted by Crippen LogP contribution is 2.41. The number of hydrogen-bond acceptors (Lipinski definition) is 0. The smallest absolute Gasteiger partial charge is 0.131 e.